The number of carbonyl (C=O) groups excluding carboxylic acids is 1. The molecule has 5 heteroatoms. The van der Waals surface area contributed by atoms with Crippen molar-refractivity contribution >= 4 is 34.5 Å². The van der Waals surface area contributed by atoms with Crippen molar-refractivity contribution in [2.24, 2.45) is 5.73 Å². The van der Waals surface area contributed by atoms with Gasteiger partial charge in [-0.1, -0.05) is 19.1 Å². The van der Waals surface area contributed by atoms with E-state index in [2.05, 4.69) is 5.32 Å². The first-order valence-electron chi connectivity index (χ1n) is 5.49. The van der Waals surface area contributed by atoms with Crippen LogP contribution in [0.25, 0.3) is 0 Å². The van der Waals surface area contributed by atoms with Crippen LogP contribution in [0.2, 0.25) is 0 Å². The fraction of sp³-hybridized carbons (Fsp3) is 0.500. The highest BCUT2D eigenvalue weighted by atomic mass is 32.1. The van der Waals surface area contributed by atoms with Gasteiger partial charge < -0.3 is 11.1 Å². The van der Waals surface area contributed by atoms with Crippen molar-refractivity contribution in [2.75, 3.05) is 0 Å². The lowest BCUT2D eigenvalue weighted by atomic mass is 9.99. The first-order chi connectivity index (χ1) is 7.80. The van der Waals surface area contributed by atoms with E-state index < -0.39 is 5.54 Å². The minimum absolute atomic E-state index is 0.108. The van der Waals surface area contributed by atoms with Crippen LogP contribution >= 0.6 is 23.6 Å². The largest absolute Gasteiger partial charge is 0.391 e. The Bertz CT molecular complexity index is 434. The lowest BCUT2D eigenvalue weighted by Gasteiger charge is -2.27. The molecule has 1 unspecified atom stereocenters. The minimum Gasteiger partial charge on any atom is -0.391 e. The molecule has 1 aromatic rings. The van der Waals surface area contributed by atoms with Crippen molar-refractivity contribution in [3.63, 3.8) is 0 Å². The average Bonchev–Trinajstić information content (AvgIpc) is 2.59. The molecule has 0 fully saturated rings. The summed E-state index contributed by atoms with van der Waals surface area (Å²) in [5.74, 6) is -0.108. The predicted molar refractivity (Wildman–Crippen MR) is 76.7 cm³/mol. The number of aryl methyl sites for hydroxylation is 2. The molecule has 3 nitrogen and oxygen atoms in total. The molecular weight excluding hydrogens is 252 g/mol. The lowest BCUT2D eigenvalue weighted by molar-refractivity contribution is 0.0930. The van der Waals surface area contributed by atoms with E-state index >= 15 is 0 Å². The topological polar surface area (TPSA) is 55.1 Å². The third kappa shape index (κ3) is 3.04. The molecule has 0 radical (unpaired) electrons. The quantitative estimate of drug-likeness (QED) is 0.827. The first-order valence-corrected chi connectivity index (χ1v) is 6.72. The van der Waals surface area contributed by atoms with Crippen molar-refractivity contribution in [1.29, 1.82) is 0 Å². The highest BCUT2D eigenvalue weighted by molar-refractivity contribution is 7.80. The van der Waals surface area contributed by atoms with E-state index in [1.807, 2.05) is 33.8 Å². The van der Waals surface area contributed by atoms with E-state index in [1.165, 1.54) is 11.3 Å². The minimum atomic E-state index is -0.613. The molecule has 0 aliphatic heterocycles. The average molecular weight is 270 g/mol. The SMILES string of the molecule is CCC(C)(NC(=O)c1cc(C)c(C)s1)C(N)=S. The van der Waals surface area contributed by atoms with Gasteiger partial charge in [-0.25, -0.2) is 0 Å². The van der Waals surface area contributed by atoms with Crippen LogP contribution in [0.3, 0.4) is 0 Å². The molecule has 0 spiro atoms. The van der Waals surface area contributed by atoms with Crippen molar-refractivity contribution in [2.45, 2.75) is 39.7 Å². The standard InChI is InChI=1S/C12H18N2OS2/c1-5-12(4,11(13)16)14-10(15)9-6-7(2)8(3)17-9/h6H,5H2,1-4H3,(H2,13,16)(H,14,15). The van der Waals surface area contributed by atoms with Crippen LogP contribution in [0.15, 0.2) is 6.07 Å². The van der Waals surface area contributed by atoms with Crippen LogP contribution < -0.4 is 11.1 Å². The molecule has 94 valence electrons. The van der Waals surface area contributed by atoms with E-state index in [4.69, 9.17) is 18.0 Å². The third-order valence-electron chi connectivity index (χ3n) is 3.03. The van der Waals surface area contributed by atoms with Gasteiger partial charge in [0, 0.05) is 4.88 Å². The zero-order chi connectivity index (χ0) is 13.2. The van der Waals surface area contributed by atoms with Gasteiger partial charge in [0.15, 0.2) is 0 Å². The van der Waals surface area contributed by atoms with Gasteiger partial charge >= 0.3 is 0 Å². The van der Waals surface area contributed by atoms with Gasteiger partial charge in [0.1, 0.15) is 0 Å². The van der Waals surface area contributed by atoms with Gasteiger partial charge in [-0.05, 0) is 38.8 Å². The molecule has 0 saturated heterocycles. The molecule has 1 aromatic heterocycles. The molecule has 3 N–H and O–H groups in total. The maximum Gasteiger partial charge on any atom is 0.262 e. The molecule has 1 rings (SSSR count). The molecule has 1 atom stereocenters. The molecule has 17 heavy (non-hydrogen) atoms. The molecule has 1 heterocycles. The second-order valence-corrected chi connectivity index (χ2v) is 6.05. The van der Waals surface area contributed by atoms with Gasteiger partial charge in [-0.2, -0.15) is 0 Å². The maximum atomic E-state index is 12.1. The second kappa shape index (κ2) is 5.14. The Morgan fingerprint density at radius 3 is 2.53 bits per heavy atom. The number of nitrogens with two attached hydrogens (primary N) is 1. The Morgan fingerprint density at radius 2 is 2.18 bits per heavy atom. The Balaban J connectivity index is 2.89. The van der Waals surface area contributed by atoms with Crippen LogP contribution in [0, 0.1) is 13.8 Å². The summed E-state index contributed by atoms with van der Waals surface area (Å²) in [6.45, 7) is 7.80. The molecule has 0 aromatic carbocycles. The van der Waals surface area contributed by atoms with E-state index in [0.717, 1.165) is 10.4 Å². The fourth-order valence-corrected chi connectivity index (χ4v) is 2.45. The molecule has 0 bridgehead atoms. The summed E-state index contributed by atoms with van der Waals surface area (Å²) in [7, 11) is 0. The van der Waals surface area contributed by atoms with Crippen LogP contribution in [0.5, 0.6) is 0 Å². The summed E-state index contributed by atoms with van der Waals surface area (Å²) in [6.07, 6.45) is 0.678. The van der Waals surface area contributed by atoms with Crippen molar-refractivity contribution in [3.05, 3.63) is 21.4 Å². The fourth-order valence-electron chi connectivity index (χ4n) is 1.32. The van der Waals surface area contributed by atoms with Crippen LogP contribution in [0.4, 0.5) is 0 Å². The van der Waals surface area contributed by atoms with Crippen LogP contribution in [0.1, 0.15) is 40.4 Å². The molecule has 0 aliphatic rings. The number of hydrogen-bond donors (Lipinski definition) is 2. The van der Waals surface area contributed by atoms with Crippen LogP contribution in [-0.2, 0) is 0 Å². The summed E-state index contributed by atoms with van der Waals surface area (Å²) in [4.78, 5) is 14.3. The van der Waals surface area contributed by atoms with Gasteiger partial charge in [0.05, 0.1) is 15.4 Å². The van der Waals surface area contributed by atoms with E-state index in [9.17, 15) is 4.79 Å². The van der Waals surface area contributed by atoms with Crippen LogP contribution in [-0.4, -0.2) is 16.4 Å². The number of rotatable bonds is 4. The number of amides is 1. The normalized spacial score (nSPS) is 14.1. The van der Waals surface area contributed by atoms with Crippen molar-refractivity contribution < 1.29 is 4.79 Å². The zero-order valence-electron chi connectivity index (χ0n) is 10.6. The predicted octanol–water partition coefficient (Wildman–Crippen LogP) is 2.55. The molecule has 0 aliphatic carbocycles. The van der Waals surface area contributed by atoms with Gasteiger partial charge in [-0.15, -0.1) is 11.3 Å². The van der Waals surface area contributed by atoms with Crippen molar-refractivity contribution in [3.8, 4) is 0 Å². The Morgan fingerprint density at radius 1 is 1.59 bits per heavy atom. The summed E-state index contributed by atoms with van der Waals surface area (Å²) >= 11 is 6.48. The number of nitrogens with one attached hydrogen (secondary N) is 1. The smallest absolute Gasteiger partial charge is 0.262 e. The zero-order valence-corrected chi connectivity index (χ0v) is 12.2. The number of carbonyl (C=O) groups is 1. The van der Waals surface area contributed by atoms with Gasteiger partial charge in [0.2, 0.25) is 0 Å². The summed E-state index contributed by atoms with van der Waals surface area (Å²) in [5.41, 5.74) is 6.18. The molecule has 0 saturated carbocycles. The van der Waals surface area contributed by atoms with Crippen molar-refractivity contribution in [1.82, 2.24) is 5.32 Å². The third-order valence-corrected chi connectivity index (χ3v) is 4.63. The van der Waals surface area contributed by atoms with Gasteiger partial charge in [0.25, 0.3) is 5.91 Å². The van der Waals surface area contributed by atoms with Gasteiger partial charge in [-0.3, -0.25) is 4.79 Å². The van der Waals surface area contributed by atoms with E-state index in [0.29, 0.717) is 16.3 Å². The lowest BCUT2D eigenvalue weighted by Crippen LogP contribution is -2.53. The summed E-state index contributed by atoms with van der Waals surface area (Å²) in [5, 5.41) is 2.90. The Hall–Kier alpha value is -0.940. The van der Waals surface area contributed by atoms with E-state index in [-0.39, 0.29) is 5.91 Å². The summed E-state index contributed by atoms with van der Waals surface area (Å²) in [6, 6.07) is 1.89. The highest BCUT2D eigenvalue weighted by Gasteiger charge is 2.28. The molecule has 1 amide bonds. The maximum absolute atomic E-state index is 12.1. The monoisotopic (exact) mass is 270 g/mol. The number of thiophene rings is 1. The molecular formula is C12H18N2OS2. The second-order valence-electron chi connectivity index (χ2n) is 4.35. The number of hydrogen-bond acceptors (Lipinski definition) is 3. The number of thiocarbonyl (C=S) groups is 1. The highest BCUT2D eigenvalue weighted by Crippen LogP contribution is 2.21. The van der Waals surface area contributed by atoms with E-state index in [1.54, 1.807) is 0 Å². The first kappa shape index (κ1) is 14.1. The summed E-state index contributed by atoms with van der Waals surface area (Å²) < 4.78 is 0. The Labute approximate surface area is 111 Å². The Kier molecular flexibility index (Phi) is 4.27.